The van der Waals surface area contributed by atoms with E-state index in [0.717, 1.165) is 43.7 Å². The van der Waals surface area contributed by atoms with Crippen LogP contribution in [0.15, 0.2) is 24.3 Å². The second-order valence-corrected chi connectivity index (χ2v) is 7.00. The van der Waals surface area contributed by atoms with Crippen LogP contribution in [0.1, 0.15) is 31.2 Å². The number of benzene rings is 1. The molecule has 0 unspecified atom stereocenters. The summed E-state index contributed by atoms with van der Waals surface area (Å²) in [6.07, 6.45) is 6.83. The number of carbonyl (C=O) groups excluding carboxylic acids is 1. The van der Waals surface area contributed by atoms with Gasteiger partial charge in [0, 0.05) is 30.0 Å². The molecular formula is C17H24N2O2S. The topological polar surface area (TPSA) is 50.4 Å². The van der Waals surface area contributed by atoms with Gasteiger partial charge >= 0.3 is 6.03 Å². The Balaban J connectivity index is 1.56. The van der Waals surface area contributed by atoms with Crippen molar-refractivity contribution < 1.29 is 9.53 Å². The number of amides is 2. The van der Waals surface area contributed by atoms with Crippen LogP contribution in [0.4, 0.5) is 10.5 Å². The first-order chi connectivity index (χ1) is 10.8. The summed E-state index contributed by atoms with van der Waals surface area (Å²) < 4.78 is 5.76. The van der Waals surface area contributed by atoms with Gasteiger partial charge in [-0.1, -0.05) is 12.1 Å². The molecule has 1 aliphatic heterocycles. The summed E-state index contributed by atoms with van der Waals surface area (Å²) in [6, 6.07) is 8.20. The number of urea groups is 1. The number of fused-ring (bicyclic) bond motifs is 1. The lowest BCUT2D eigenvalue weighted by Crippen LogP contribution is -2.47. The van der Waals surface area contributed by atoms with Crippen molar-refractivity contribution in [3.05, 3.63) is 29.8 Å². The number of carbonyl (C=O) groups is 1. The number of nitrogens with one attached hydrogen (secondary N) is 2. The highest BCUT2D eigenvalue weighted by Crippen LogP contribution is 2.34. The Morgan fingerprint density at radius 2 is 2.27 bits per heavy atom. The van der Waals surface area contributed by atoms with Gasteiger partial charge in [0.1, 0.15) is 0 Å². The van der Waals surface area contributed by atoms with Gasteiger partial charge in [0.15, 0.2) is 0 Å². The highest BCUT2D eigenvalue weighted by molar-refractivity contribution is 7.97. The fourth-order valence-corrected chi connectivity index (χ4v) is 4.11. The normalized spacial score (nSPS) is 27.2. The Labute approximate surface area is 136 Å². The van der Waals surface area contributed by atoms with Crippen molar-refractivity contribution in [2.75, 3.05) is 18.2 Å². The molecule has 1 saturated heterocycles. The Morgan fingerprint density at radius 3 is 3.14 bits per heavy atom. The molecule has 1 aromatic carbocycles. The van der Waals surface area contributed by atoms with Crippen molar-refractivity contribution >= 4 is 23.5 Å². The molecule has 5 heteroatoms. The molecule has 2 aliphatic rings. The Bertz CT molecular complexity index is 523. The highest BCUT2D eigenvalue weighted by Gasteiger charge is 2.38. The standard InChI is InChI=1S/C17H24N2O2S/c1-22-11-12-4-2-5-13(10-12)18-17(20)19-15-6-3-7-16-14(15)8-9-21-16/h2,4-5,10,14-16H,3,6-9,11H2,1H3,(H2,18,19,20)/t14-,15-,16-/m1/s1. The van der Waals surface area contributed by atoms with E-state index in [1.807, 2.05) is 18.2 Å². The van der Waals surface area contributed by atoms with Crippen molar-refractivity contribution in [3.63, 3.8) is 0 Å². The highest BCUT2D eigenvalue weighted by atomic mass is 32.2. The van der Waals surface area contributed by atoms with E-state index < -0.39 is 0 Å². The quantitative estimate of drug-likeness (QED) is 0.891. The van der Waals surface area contributed by atoms with Crippen molar-refractivity contribution in [1.29, 1.82) is 0 Å². The molecule has 4 nitrogen and oxygen atoms in total. The monoisotopic (exact) mass is 320 g/mol. The molecule has 2 N–H and O–H groups in total. The summed E-state index contributed by atoms with van der Waals surface area (Å²) in [6.45, 7) is 0.839. The van der Waals surface area contributed by atoms with E-state index in [4.69, 9.17) is 4.74 Å². The van der Waals surface area contributed by atoms with E-state index in [1.54, 1.807) is 11.8 Å². The van der Waals surface area contributed by atoms with E-state index in [1.165, 1.54) is 5.56 Å². The number of anilines is 1. The number of rotatable bonds is 4. The molecule has 120 valence electrons. The average Bonchev–Trinajstić information content (AvgIpc) is 2.97. The summed E-state index contributed by atoms with van der Waals surface area (Å²) in [4.78, 5) is 12.3. The third-order valence-corrected chi connectivity index (χ3v) is 5.22. The Hall–Kier alpha value is -1.20. The zero-order valence-electron chi connectivity index (χ0n) is 13.0. The van der Waals surface area contributed by atoms with Crippen LogP contribution in [-0.2, 0) is 10.5 Å². The van der Waals surface area contributed by atoms with Crippen LogP contribution in [0.25, 0.3) is 0 Å². The Morgan fingerprint density at radius 1 is 1.36 bits per heavy atom. The molecule has 1 aromatic rings. The largest absolute Gasteiger partial charge is 0.378 e. The van der Waals surface area contributed by atoms with Gasteiger partial charge in [-0.05, 0) is 49.6 Å². The second kappa shape index (κ2) is 7.38. The van der Waals surface area contributed by atoms with Gasteiger partial charge in [-0.15, -0.1) is 0 Å². The molecule has 0 aromatic heterocycles. The lowest BCUT2D eigenvalue weighted by molar-refractivity contribution is 0.0553. The molecule has 22 heavy (non-hydrogen) atoms. The van der Waals surface area contributed by atoms with Crippen LogP contribution in [0.2, 0.25) is 0 Å². The molecule has 1 saturated carbocycles. The molecule has 1 aliphatic carbocycles. The van der Waals surface area contributed by atoms with Gasteiger partial charge in [-0.2, -0.15) is 11.8 Å². The third kappa shape index (κ3) is 3.76. The third-order valence-electron chi connectivity index (χ3n) is 4.59. The molecule has 0 spiro atoms. The molecule has 3 atom stereocenters. The van der Waals surface area contributed by atoms with Crippen LogP contribution >= 0.6 is 11.8 Å². The van der Waals surface area contributed by atoms with Gasteiger partial charge in [0.25, 0.3) is 0 Å². The van der Waals surface area contributed by atoms with Gasteiger partial charge in [-0.3, -0.25) is 0 Å². The fraction of sp³-hybridized carbons (Fsp3) is 0.588. The summed E-state index contributed by atoms with van der Waals surface area (Å²) >= 11 is 1.78. The lowest BCUT2D eigenvalue weighted by atomic mass is 9.82. The van der Waals surface area contributed by atoms with E-state index >= 15 is 0 Å². The molecule has 2 amide bonds. The first-order valence-corrected chi connectivity index (χ1v) is 9.42. The summed E-state index contributed by atoms with van der Waals surface area (Å²) in [5.41, 5.74) is 2.09. The minimum absolute atomic E-state index is 0.0983. The summed E-state index contributed by atoms with van der Waals surface area (Å²) in [5, 5.41) is 6.12. The van der Waals surface area contributed by atoms with Crippen LogP contribution in [-0.4, -0.2) is 31.0 Å². The van der Waals surface area contributed by atoms with E-state index in [0.29, 0.717) is 12.0 Å². The van der Waals surface area contributed by atoms with Gasteiger partial charge < -0.3 is 15.4 Å². The lowest BCUT2D eigenvalue weighted by Gasteiger charge is -2.33. The summed E-state index contributed by atoms with van der Waals surface area (Å²) in [7, 11) is 0. The minimum Gasteiger partial charge on any atom is -0.378 e. The van der Waals surface area contributed by atoms with Crippen molar-refractivity contribution in [3.8, 4) is 0 Å². The van der Waals surface area contributed by atoms with Crippen LogP contribution in [0.3, 0.4) is 0 Å². The first kappa shape index (κ1) is 15.7. The number of hydrogen-bond acceptors (Lipinski definition) is 3. The van der Waals surface area contributed by atoms with Crippen molar-refractivity contribution in [2.24, 2.45) is 5.92 Å². The smallest absolute Gasteiger partial charge is 0.319 e. The maximum atomic E-state index is 12.3. The van der Waals surface area contributed by atoms with Crippen LogP contribution in [0, 0.1) is 5.92 Å². The van der Waals surface area contributed by atoms with Crippen molar-refractivity contribution in [1.82, 2.24) is 5.32 Å². The molecule has 2 fully saturated rings. The van der Waals surface area contributed by atoms with Gasteiger partial charge in [-0.25, -0.2) is 4.79 Å². The van der Waals surface area contributed by atoms with E-state index in [9.17, 15) is 4.79 Å². The predicted molar refractivity (Wildman–Crippen MR) is 91.3 cm³/mol. The first-order valence-electron chi connectivity index (χ1n) is 8.03. The van der Waals surface area contributed by atoms with Crippen LogP contribution in [0.5, 0.6) is 0 Å². The SMILES string of the molecule is CSCc1cccc(NC(=O)N[C@@H]2CCC[C@H]3OCC[C@H]23)c1. The minimum atomic E-state index is -0.0983. The maximum absolute atomic E-state index is 12.3. The van der Waals surface area contributed by atoms with E-state index in [-0.39, 0.29) is 12.1 Å². The van der Waals surface area contributed by atoms with Gasteiger partial charge in [0.2, 0.25) is 0 Å². The average molecular weight is 320 g/mol. The summed E-state index contributed by atoms with van der Waals surface area (Å²) in [5.74, 6) is 1.45. The van der Waals surface area contributed by atoms with E-state index in [2.05, 4.69) is 23.0 Å². The predicted octanol–water partition coefficient (Wildman–Crippen LogP) is 3.63. The number of ether oxygens (including phenoxy) is 1. The fourth-order valence-electron chi connectivity index (χ4n) is 3.60. The molecule has 1 heterocycles. The number of hydrogen-bond donors (Lipinski definition) is 2. The molecule has 0 bridgehead atoms. The van der Waals surface area contributed by atoms with Crippen molar-refractivity contribution in [2.45, 2.75) is 43.6 Å². The zero-order chi connectivity index (χ0) is 15.4. The molecular weight excluding hydrogens is 296 g/mol. The molecule has 3 rings (SSSR count). The molecule has 0 radical (unpaired) electrons. The van der Waals surface area contributed by atoms with Gasteiger partial charge in [0.05, 0.1) is 6.10 Å². The Kier molecular flexibility index (Phi) is 5.26. The number of thioether (sulfide) groups is 1. The zero-order valence-corrected chi connectivity index (χ0v) is 13.8. The van der Waals surface area contributed by atoms with Crippen LogP contribution < -0.4 is 10.6 Å². The second-order valence-electron chi connectivity index (χ2n) is 6.13. The maximum Gasteiger partial charge on any atom is 0.319 e.